The Hall–Kier alpha value is -0.570. The molecule has 5 nitrogen and oxygen atoms in total. The molecule has 1 heterocycles. The Balaban J connectivity index is 2.13. The Morgan fingerprint density at radius 3 is 2.21 bits per heavy atom. The molecular formula is C11H14O5S3. The summed E-state index contributed by atoms with van der Waals surface area (Å²) >= 11 is 1.26. The largest absolute Gasteiger partial charge is 0.391 e. The Morgan fingerprint density at radius 1 is 1.21 bits per heavy atom. The van der Waals surface area contributed by atoms with Crippen molar-refractivity contribution in [1.82, 2.24) is 0 Å². The van der Waals surface area contributed by atoms with E-state index in [-0.39, 0.29) is 16.4 Å². The molecule has 1 aliphatic heterocycles. The Kier molecular flexibility index (Phi) is 3.97. The van der Waals surface area contributed by atoms with Crippen molar-refractivity contribution in [3.8, 4) is 0 Å². The van der Waals surface area contributed by atoms with Gasteiger partial charge in [0.05, 0.1) is 27.8 Å². The van der Waals surface area contributed by atoms with Crippen LogP contribution in [0.25, 0.3) is 0 Å². The van der Waals surface area contributed by atoms with E-state index >= 15 is 0 Å². The summed E-state index contributed by atoms with van der Waals surface area (Å²) in [6, 6.07) is 6.21. The van der Waals surface area contributed by atoms with Crippen molar-refractivity contribution in [2.45, 2.75) is 21.1 Å². The van der Waals surface area contributed by atoms with Crippen molar-refractivity contribution in [3.05, 3.63) is 24.3 Å². The lowest BCUT2D eigenvalue weighted by atomic mass is 10.3. The summed E-state index contributed by atoms with van der Waals surface area (Å²) in [6.07, 6.45) is 0.257. The summed E-state index contributed by atoms with van der Waals surface area (Å²) in [5.74, 6) is -0.251. The number of hydrogen-bond donors (Lipinski definition) is 1. The summed E-state index contributed by atoms with van der Waals surface area (Å²) in [7, 11) is -6.39. The van der Waals surface area contributed by atoms with Crippen LogP contribution in [0.5, 0.6) is 0 Å². The smallest absolute Gasteiger partial charge is 0.175 e. The quantitative estimate of drug-likeness (QED) is 0.863. The van der Waals surface area contributed by atoms with Crippen LogP contribution >= 0.6 is 11.8 Å². The summed E-state index contributed by atoms with van der Waals surface area (Å²) in [5.41, 5.74) is 0. The third-order valence-electron chi connectivity index (χ3n) is 2.81. The van der Waals surface area contributed by atoms with Crippen LogP contribution in [0.4, 0.5) is 0 Å². The minimum Gasteiger partial charge on any atom is -0.391 e. The number of sulfone groups is 2. The molecule has 1 fully saturated rings. The van der Waals surface area contributed by atoms with Gasteiger partial charge in [-0.25, -0.2) is 16.8 Å². The van der Waals surface area contributed by atoms with E-state index in [2.05, 4.69) is 0 Å². The van der Waals surface area contributed by atoms with E-state index in [9.17, 15) is 21.9 Å². The van der Waals surface area contributed by atoms with Crippen molar-refractivity contribution in [2.75, 3.05) is 17.8 Å². The molecule has 1 aliphatic rings. The molecule has 0 radical (unpaired) electrons. The third kappa shape index (κ3) is 3.71. The number of aliphatic hydroxyl groups excluding tert-OH is 1. The van der Waals surface area contributed by atoms with E-state index < -0.39 is 31.0 Å². The highest BCUT2D eigenvalue weighted by molar-refractivity contribution is 8.02. The molecule has 1 saturated heterocycles. The monoisotopic (exact) mass is 322 g/mol. The predicted molar refractivity (Wildman–Crippen MR) is 73.9 cm³/mol. The van der Waals surface area contributed by atoms with Crippen molar-refractivity contribution >= 4 is 31.4 Å². The predicted octanol–water partition coefficient (Wildman–Crippen LogP) is 0.340. The molecule has 1 N–H and O–H groups in total. The topological polar surface area (TPSA) is 88.5 Å². The molecule has 8 heteroatoms. The van der Waals surface area contributed by atoms with Gasteiger partial charge in [-0.2, -0.15) is 0 Å². The van der Waals surface area contributed by atoms with Crippen LogP contribution in [0.1, 0.15) is 0 Å². The Bertz CT molecular complexity index is 661. The van der Waals surface area contributed by atoms with Crippen LogP contribution in [0, 0.1) is 0 Å². The highest BCUT2D eigenvalue weighted by Gasteiger charge is 2.36. The minimum atomic E-state index is -3.23. The molecule has 0 aliphatic carbocycles. The lowest BCUT2D eigenvalue weighted by Gasteiger charge is -2.12. The standard InChI is InChI=1S/C11H14O5S3/c1-18(13,14)9-4-2-8(3-5-9)17-11-7-19(15,16)6-10(11)12/h2-5,10-12H,6-7H2,1H3. The maximum absolute atomic E-state index is 11.4. The molecule has 0 bridgehead atoms. The van der Waals surface area contributed by atoms with E-state index in [1.165, 1.54) is 23.9 Å². The SMILES string of the molecule is CS(=O)(=O)c1ccc(SC2CS(=O)(=O)CC2O)cc1. The van der Waals surface area contributed by atoms with E-state index in [0.717, 1.165) is 11.2 Å². The van der Waals surface area contributed by atoms with Crippen LogP contribution in [-0.2, 0) is 19.7 Å². The second-order valence-electron chi connectivity index (χ2n) is 4.54. The van der Waals surface area contributed by atoms with Gasteiger partial charge in [0.2, 0.25) is 0 Å². The zero-order valence-corrected chi connectivity index (χ0v) is 12.6. The van der Waals surface area contributed by atoms with Gasteiger partial charge in [-0.3, -0.25) is 0 Å². The second-order valence-corrected chi connectivity index (χ2v) is 10.0. The summed E-state index contributed by atoms with van der Waals surface area (Å²) in [5, 5.41) is 9.28. The molecule has 1 aromatic rings. The van der Waals surface area contributed by atoms with E-state index in [1.807, 2.05) is 0 Å². The van der Waals surface area contributed by atoms with Crippen LogP contribution in [0.2, 0.25) is 0 Å². The number of aliphatic hydroxyl groups is 1. The van der Waals surface area contributed by atoms with Gasteiger partial charge in [0.1, 0.15) is 0 Å². The number of rotatable bonds is 3. The molecule has 2 atom stereocenters. The lowest BCUT2D eigenvalue weighted by molar-refractivity contribution is 0.207. The zero-order valence-electron chi connectivity index (χ0n) is 10.2. The van der Waals surface area contributed by atoms with Gasteiger partial charge in [0.15, 0.2) is 19.7 Å². The van der Waals surface area contributed by atoms with Gasteiger partial charge < -0.3 is 5.11 Å². The molecular weight excluding hydrogens is 308 g/mol. The zero-order chi connectivity index (χ0) is 14.3. The average molecular weight is 322 g/mol. The number of thioether (sulfide) groups is 1. The van der Waals surface area contributed by atoms with E-state index in [1.54, 1.807) is 12.1 Å². The van der Waals surface area contributed by atoms with Crippen LogP contribution in [0.15, 0.2) is 34.1 Å². The molecule has 0 spiro atoms. The molecule has 1 aromatic carbocycles. The molecule has 0 amide bonds. The average Bonchev–Trinajstić information content (AvgIpc) is 2.51. The second kappa shape index (κ2) is 5.08. The fourth-order valence-corrected chi connectivity index (χ4v) is 6.00. The Labute approximate surface area is 116 Å². The van der Waals surface area contributed by atoms with Gasteiger partial charge in [-0.05, 0) is 24.3 Å². The molecule has 2 rings (SSSR count). The molecule has 2 unspecified atom stereocenters. The van der Waals surface area contributed by atoms with Crippen molar-refractivity contribution in [1.29, 1.82) is 0 Å². The fourth-order valence-electron chi connectivity index (χ4n) is 1.85. The first-order valence-corrected chi connectivity index (χ1v) is 10.1. The van der Waals surface area contributed by atoms with Crippen LogP contribution in [-0.4, -0.2) is 51.1 Å². The van der Waals surface area contributed by atoms with Crippen molar-refractivity contribution in [2.24, 2.45) is 0 Å². The maximum atomic E-state index is 11.4. The normalized spacial score (nSPS) is 26.4. The first-order valence-electron chi connectivity index (χ1n) is 5.53. The number of hydrogen-bond acceptors (Lipinski definition) is 6. The van der Waals surface area contributed by atoms with E-state index in [4.69, 9.17) is 0 Å². The van der Waals surface area contributed by atoms with E-state index in [0.29, 0.717) is 0 Å². The van der Waals surface area contributed by atoms with Gasteiger partial charge in [0.25, 0.3) is 0 Å². The molecule has 0 aromatic heterocycles. The lowest BCUT2D eigenvalue weighted by Crippen LogP contribution is -2.19. The summed E-state index contributed by atoms with van der Waals surface area (Å²) in [4.78, 5) is 0.963. The van der Waals surface area contributed by atoms with Crippen LogP contribution < -0.4 is 0 Å². The molecule has 0 saturated carbocycles. The fraction of sp³-hybridized carbons (Fsp3) is 0.455. The minimum absolute atomic E-state index is 0.0489. The summed E-state index contributed by atoms with van der Waals surface area (Å²) < 4.78 is 45.3. The highest BCUT2D eigenvalue weighted by atomic mass is 32.2. The third-order valence-corrected chi connectivity index (χ3v) is 7.20. The van der Waals surface area contributed by atoms with Crippen LogP contribution in [0.3, 0.4) is 0 Å². The first-order chi connectivity index (χ1) is 8.67. The van der Waals surface area contributed by atoms with Gasteiger partial charge in [-0.1, -0.05) is 0 Å². The highest BCUT2D eigenvalue weighted by Crippen LogP contribution is 2.31. The molecule has 19 heavy (non-hydrogen) atoms. The first kappa shape index (κ1) is 14.8. The summed E-state index contributed by atoms with van der Waals surface area (Å²) in [6.45, 7) is 0. The number of benzene rings is 1. The Morgan fingerprint density at radius 2 is 1.79 bits per heavy atom. The van der Waals surface area contributed by atoms with Gasteiger partial charge >= 0.3 is 0 Å². The maximum Gasteiger partial charge on any atom is 0.175 e. The molecule has 106 valence electrons. The van der Waals surface area contributed by atoms with Gasteiger partial charge in [-0.15, -0.1) is 11.8 Å². The van der Waals surface area contributed by atoms with Gasteiger partial charge in [0, 0.05) is 11.2 Å². The van der Waals surface area contributed by atoms with Crippen molar-refractivity contribution in [3.63, 3.8) is 0 Å². The van der Waals surface area contributed by atoms with Crippen molar-refractivity contribution < 1.29 is 21.9 Å².